The highest BCUT2D eigenvalue weighted by Gasteiger charge is 2.21. The van der Waals surface area contributed by atoms with E-state index in [1.54, 1.807) is 0 Å². The molecule has 0 bridgehead atoms. The van der Waals surface area contributed by atoms with Crippen LogP contribution in [0.15, 0.2) is 0 Å². The predicted molar refractivity (Wildman–Crippen MR) is 72.8 cm³/mol. The van der Waals surface area contributed by atoms with Crippen LogP contribution < -0.4 is 11.1 Å². The van der Waals surface area contributed by atoms with Crippen LogP contribution in [0, 0.1) is 5.92 Å². The van der Waals surface area contributed by atoms with E-state index in [-0.39, 0.29) is 23.9 Å². The molecule has 3 atom stereocenters. The van der Waals surface area contributed by atoms with Gasteiger partial charge in [-0.05, 0) is 25.9 Å². The highest BCUT2D eigenvalue weighted by molar-refractivity contribution is 5.82. The van der Waals surface area contributed by atoms with Gasteiger partial charge >= 0.3 is 0 Å². The third-order valence-corrected chi connectivity index (χ3v) is 3.37. The third-order valence-electron chi connectivity index (χ3n) is 3.37. The molecule has 0 saturated carbocycles. The van der Waals surface area contributed by atoms with Gasteiger partial charge in [-0.1, -0.05) is 34.1 Å². The summed E-state index contributed by atoms with van der Waals surface area (Å²) in [5.74, 6) is 0.203. The number of nitrogens with two attached hydrogens (primary N) is 1. The Labute approximate surface area is 106 Å². The number of hydrogen-bond donors (Lipinski definition) is 2. The Morgan fingerprint density at radius 3 is 2.18 bits per heavy atom. The topological polar surface area (TPSA) is 58.4 Å². The first-order chi connectivity index (χ1) is 7.96. The van der Waals surface area contributed by atoms with Crippen molar-refractivity contribution in [3.05, 3.63) is 0 Å². The highest BCUT2D eigenvalue weighted by atomic mass is 16.2. The van der Waals surface area contributed by atoms with Crippen LogP contribution in [0.4, 0.5) is 0 Å². The van der Waals surface area contributed by atoms with Crippen LogP contribution >= 0.6 is 0 Å². The van der Waals surface area contributed by atoms with Crippen molar-refractivity contribution in [2.75, 3.05) is 19.6 Å². The van der Waals surface area contributed by atoms with Crippen molar-refractivity contribution in [3.63, 3.8) is 0 Å². The van der Waals surface area contributed by atoms with Gasteiger partial charge in [0.15, 0.2) is 0 Å². The lowest BCUT2D eigenvalue weighted by Crippen LogP contribution is -2.50. The van der Waals surface area contributed by atoms with Crippen LogP contribution in [0.25, 0.3) is 0 Å². The average Bonchev–Trinajstić information content (AvgIpc) is 2.33. The molecule has 3 N–H and O–H groups in total. The first kappa shape index (κ1) is 16.4. The molecule has 102 valence electrons. The number of nitrogens with zero attached hydrogens (tertiary/aromatic N) is 1. The van der Waals surface area contributed by atoms with Gasteiger partial charge in [0.2, 0.25) is 5.91 Å². The van der Waals surface area contributed by atoms with E-state index < -0.39 is 0 Å². The summed E-state index contributed by atoms with van der Waals surface area (Å²) in [5, 5.41) is 2.99. The molecule has 0 aliphatic heterocycles. The molecule has 0 rings (SSSR count). The van der Waals surface area contributed by atoms with Gasteiger partial charge in [-0.15, -0.1) is 0 Å². The van der Waals surface area contributed by atoms with Crippen molar-refractivity contribution in [1.82, 2.24) is 10.2 Å². The Balaban J connectivity index is 4.10. The summed E-state index contributed by atoms with van der Waals surface area (Å²) >= 11 is 0. The van der Waals surface area contributed by atoms with Crippen molar-refractivity contribution >= 4 is 5.91 Å². The number of carbonyl (C=O) groups is 1. The molecule has 0 aliphatic rings. The molecule has 0 heterocycles. The Bertz CT molecular complexity index is 217. The Morgan fingerprint density at radius 2 is 1.76 bits per heavy atom. The van der Waals surface area contributed by atoms with Crippen LogP contribution in [-0.2, 0) is 4.79 Å². The van der Waals surface area contributed by atoms with Crippen LogP contribution in [0.2, 0.25) is 0 Å². The summed E-state index contributed by atoms with van der Waals surface area (Å²) in [6.45, 7) is 13.2. The number of hydrogen-bond acceptors (Lipinski definition) is 3. The number of amides is 1. The molecule has 1 amide bonds. The molecule has 3 unspecified atom stereocenters. The molecule has 0 aliphatic carbocycles. The summed E-state index contributed by atoms with van der Waals surface area (Å²) < 4.78 is 0. The largest absolute Gasteiger partial charge is 0.351 e. The molecule has 0 saturated heterocycles. The Morgan fingerprint density at radius 1 is 1.24 bits per heavy atom. The van der Waals surface area contributed by atoms with Crippen molar-refractivity contribution in [2.45, 2.75) is 53.1 Å². The van der Waals surface area contributed by atoms with Crippen LogP contribution in [0.3, 0.4) is 0 Å². The minimum absolute atomic E-state index is 0.0287. The van der Waals surface area contributed by atoms with Gasteiger partial charge in [0, 0.05) is 12.6 Å². The van der Waals surface area contributed by atoms with Crippen molar-refractivity contribution in [3.8, 4) is 0 Å². The van der Waals surface area contributed by atoms with Crippen LogP contribution in [-0.4, -0.2) is 42.5 Å². The maximum atomic E-state index is 11.9. The zero-order chi connectivity index (χ0) is 13.4. The SMILES string of the molecule is CCC(C)C(N)C(=O)NC(C)CN(CC)CC. The summed E-state index contributed by atoms with van der Waals surface area (Å²) in [7, 11) is 0. The number of carbonyl (C=O) groups excluding carboxylic acids is 1. The fourth-order valence-electron chi connectivity index (χ4n) is 1.77. The van der Waals surface area contributed by atoms with Gasteiger partial charge < -0.3 is 16.0 Å². The van der Waals surface area contributed by atoms with E-state index >= 15 is 0 Å². The second-order valence-electron chi connectivity index (χ2n) is 4.81. The molecule has 0 spiro atoms. The van der Waals surface area contributed by atoms with Crippen LogP contribution in [0.1, 0.15) is 41.0 Å². The minimum atomic E-state index is -0.390. The zero-order valence-electron chi connectivity index (χ0n) is 12.0. The molecule has 4 heteroatoms. The lowest BCUT2D eigenvalue weighted by Gasteiger charge is -2.25. The standard InChI is InChI=1S/C13H29N3O/c1-6-10(4)12(14)13(17)15-11(5)9-16(7-2)8-3/h10-12H,6-9,14H2,1-5H3,(H,15,17). The normalized spacial score (nSPS) is 16.6. The number of rotatable bonds is 8. The first-order valence-corrected chi connectivity index (χ1v) is 6.74. The number of nitrogens with one attached hydrogen (secondary N) is 1. The van der Waals surface area contributed by atoms with E-state index in [0.29, 0.717) is 0 Å². The third kappa shape index (κ3) is 6.03. The smallest absolute Gasteiger partial charge is 0.237 e. The lowest BCUT2D eigenvalue weighted by molar-refractivity contribution is -0.124. The van der Waals surface area contributed by atoms with E-state index in [9.17, 15) is 4.79 Å². The van der Waals surface area contributed by atoms with E-state index in [0.717, 1.165) is 26.1 Å². The van der Waals surface area contributed by atoms with Crippen molar-refractivity contribution in [1.29, 1.82) is 0 Å². The highest BCUT2D eigenvalue weighted by Crippen LogP contribution is 2.05. The van der Waals surface area contributed by atoms with Gasteiger partial charge in [0.1, 0.15) is 0 Å². The van der Waals surface area contributed by atoms with E-state index in [2.05, 4.69) is 31.0 Å². The molecule has 0 aromatic heterocycles. The Kier molecular flexibility index (Phi) is 8.17. The van der Waals surface area contributed by atoms with E-state index in [1.165, 1.54) is 0 Å². The molecule has 0 radical (unpaired) electrons. The van der Waals surface area contributed by atoms with Gasteiger partial charge in [0.05, 0.1) is 6.04 Å². The monoisotopic (exact) mass is 243 g/mol. The second-order valence-corrected chi connectivity index (χ2v) is 4.81. The maximum Gasteiger partial charge on any atom is 0.237 e. The molecule has 0 aromatic carbocycles. The molecule has 4 nitrogen and oxygen atoms in total. The Hall–Kier alpha value is -0.610. The summed E-state index contributed by atoms with van der Waals surface area (Å²) in [6.07, 6.45) is 0.930. The fourth-order valence-corrected chi connectivity index (χ4v) is 1.77. The molecule has 0 fully saturated rings. The van der Waals surface area contributed by atoms with Gasteiger partial charge in [-0.25, -0.2) is 0 Å². The number of likely N-dealkylation sites (N-methyl/N-ethyl adjacent to an activating group) is 1. The first-order valence-electron chi connectivity index (χ1n) is 6.74. The molecular weight excluding hydrogens is 214 g/mol. The van der Waals surface area contributed by atoms with Crippen LogP contribution in [0.5, 0.6) is 0 Å². The quantitative estimate of drug-likeness (QED) is 0.673. The summed E-state index contributed by atoms with van der Waals surface area (Å²) in [5.41, 5.74) is 5.89. The maximum absolute atomic E-state index is 11.9. The minimum Gasteiger partial charge on any atom is -0.351 e. The van der Waals surface area contributed by atoms with E-state index in [1.807, 2.05) is 13.8 Å². The van der Waals surface area contributed by atoms with E-state index in [4.69, 9.17) is 5.73 Å². The molecular formula is C13H29N3O. The lowest BCUT2D eigenvalue weighted by atomic mass is 9.99. The zero-order valence-corrected chi connectivity index (χ0v) is 12.0. The second kappa shape index (κ2) is 8.48. The van der Waals surface area contributed by atoms with Gasteiger partial charge in [-0.2, -0.15) is 0 Å². The average molecular weight is 243 g/mol. The molecule has 17 heavy (non-hydrogen) atoms. The molecule has 0 aromatic rings. The summed E-state index contributed by atoms with van der Waals surface area (Å²) in [4.78, 5) is 14.1. The predicted octanol–water partition coefficient (Wildman–Crippen LogP) is 1.21. The summed E-state index contributed by atoms with van der Waals surface area (Å²) in [6, 6.07) is -0.239. The van der Waals surface area contributed by atoms with Crippen molar-refractivity contribution in [2.24, 2.45) is 11.7 Å². The van der Waals surface area contributed by atoms with Crippen molar-refractivity contribution < 1.29 is 4.79 Å². The van der Waals surface area contributed by atoms with Gasteiger partial charge in [-0.3, -0.25) is 4.79 Å². The fraction of sp³-hybridized carbons (Fsp3) is 0.923. The van der Waals surface area contributed by atoms with Gasteiger partial charge in [0.25, 0.3) is 0 Å².